The van der Waals surface area contributed by atoms with Crippen LogP contribution in [0.4, 0.5) is 0 Å². The van der Waals surface area contributed by atoms with Gasteiger partial charge in [0.05, 0.1) is 23.7 Å². The molecule has 0 atom stereocenters. The Morgan fingerprint density at radius 3 is 3.05 bits per heavy atom. The minimum Gasteiger partial charge on any atom is -0.492 e. The minimum atomic E-state index is -0.0341. The van der Waals surface area contributed by atoms with E-state index in [1.54, 1.807) is 11.3 Å². The largest absolute Gasteiger partial charge is 0.492 e. The maximum absolute atomic E-state index is 11.7. The van der Waals surface area contributed by atoms with Gasteiger partial charge in [-0.3, -0.25) is 4.79 Å². The number of halogens is 1. The highest BCUT2D eigenvalue weighted by Gasteiger charge is 2.05. The van der Waals surface area contributed by atoms with Crippen LogP contribution in [-0.4, -0.2) is 24.0 Å². The molecule has 1 aromatic heterocycles. The van der Waals surface area contributed by atoms with Crippen molar-refractivity contribution in [1.29, 1.82) is 0 Å². The number of thiazole rings is 1. The number of nitrogens with one attached hydrogen (secondary N) is 1. The quantitative estimate of drug-likeness (QED) is 0.811. The third-order valence-electron chi connectivity index (χ3n) is 2.50. The number of aryl methyl sites for hydroxylation is 1. The van der Waals surface area contributed by atoms with Gasteiger partial charge in [0.15, 0.2) is 0 Å². The molecule has 0 spiro atoms. The van der Waals surface area contributed by atoms with Crippen molar-refractivity contribution in [3.05, 3.63) is 44.8 Å². The van der Waals surface area contributed by atoms with Crippen LogP contribution in [0.2, 0.25) is 0 Å². The molecule has 6 heteroatoms. The zero-order valence-corrected chi connectivity index (χ0v) is 13.5. The number of rotatable bonds is 6. The SMILES string of the molecule is Cc1nc(CC(=O)NCCOc2cccc(Br)c2)cs1. The van der Waals surface area contributed by atoms with Gasteiger partial charge in [-0.15, -0.1) is 11.3 Å². The van der Waals surface area contributed by atoms with E-state index in [2.05, 4.69) is 26.2 Å². The first-order valence-electron chi connectivity index (χ1n) is 6.19. The summed E-state index contributed by atoms with van der Waals surface area (Å²) < 4.78 is 6.50. The highest BCUT2D eigenvalue weighted by Crippen LogP contribution is 2.17. The zero-order valence-electron chi connectivity index (χ0n) is 11.1. The van der Waals surface area contributed by atoms with E-state index in [-0.39, 0.29) is 5.91 Å². The molecule has 2 rings (SSSR count). The van der Waals surface area contributed by atoms with Gasteiger partial charge in [0.1, 0.15) is 12.4 Å². The molecule has 106 valence electrons. The third-order valence-corrected chi connectivity index (χ3v) is 3.81. The molecule has 0 fully saturated rings. The standard InChI is InChI=1S/C14H15BrN2O2S/c1-10-17-12(9-20-10)8-14(18)16-5-6-19-13-4-2-3-11(15)7-13/h2-4,7,9H,5-6,8H2,1H3,(H,16,18). The summed E-state index contributed by atoms with van der Waals surface area (Å²) in [4.78, 5) is 15.9. The number of hydrogen-bond donors (Lipinski definition) is 1. The molecule has 1 heterocycles. The van der Waals surface area contributed by atoms with Gasteiger partial charge in [0, 0.05) is 9.85 Å². The number of nitrogens with zero attached hydrogens (tertiary/aromatic N) is 1. The summed E-state index contributed by atoms with van der Waals surface area (Å²) in [6.07, 6.45) is 0.321. The second-order valence-electron chi connectivity index (χ2n) is 4.19. The normalized spacial score (nSPS) is 10.3. The molecule has 4 nitrogen and oxygen atoms in total. The second-order valence-corrected chi connectivity index (χ2v) is 6.17. The molecule has 0 saturated carbocycles. The number of carbonyl (C=O) groups is 1. The fraction of sp³-hybridized carbons (Fsp3) is 0.286. The molecule has 2 aromatic rings. The van der Waals surface area contributed by atoms with Crippen LogP contribution in [0.25, 0.3) is 0 Å². The van der Waals surface area contributed by atoms with E-state index in [0.717, 1.165) is 20.9 Å². The van der Waals surface area contributed by atoms with Crippen LogP contribution in [-0.2, 0) is 11.2 Å². The zero-order chi connectivity index (χ0) is 14.4. The summed E-state index contributed by atoms with van der Waals surface area (Å²) in [6.45, 7) is 2.85. The molecular weight excluding hydrogens is 340 g/mol. The second kappa shape index (κ2) is 7.40. The van der Waals surface area contributed by atoms with Gasteiger partial charge in [-0.1, -0.05) is 22.0 Å². The van der Waals surface area contributed by atoms with Gasteiger partial charge in [0.2, 0.25) is 5.91 Å². The Kier molecular flexibility index (Phi) is 5.55. The van der Waals surface area contributed by atoms with E-state index in [4.69, 9.17) is 4.74 Å². The Labute approximate surface area is 130 Å². The minimum absolute atomic E-state index is 0.0341. The lowest BCUT2D eigenvalue weighted by Gasteiger charge is -2.07. The molecule has 0 bridgehead atoms. The van der Waals surface area contributed by atoms with E-state index in [9.17, 15) is 4.79 Å². The summed E-state index contributed by atoms with van der Waals surface area (Å²) in [6, 6.07) is 7.61. The van der Waals surface area contributed by atoms with Gasteiger partial charge in [-0.2, -0.15) is 0 Å². The Balaban J connectivity index is 1.67. The summed E-state index contributed by atoms with van der Waals surface area (Å²) in [7, 11) is 0. The molecular formula is C14H15BrN2O2S. The number of benzene rings is 1. The lowest BCUT2D eigenvalue weighted by molar-refractivity contribution is -0.120. The van der Waals surface area contributed by atoms with E-state index >= 15 is 0 Å². The Bertz CT molecular complexity index is 586. The van der Waals surface area contributed by atoms with Crippen LogP contribution in [0.3, 0.4) is 0 Å². The maximum Gasteiger partial charge on any atom is 0.226 e. The molecule has 0 unspecified atom stereocenters. The molecule has 1 aromatic carbocycles. The van der Waals surface area contributed by atoms with Crippen molar-refractivity contribution in [1.82, 2.24) is 10.3 Å². The average Bonchev–Trinajstić information content (AvgIpc) is 2.80. The summed E-state index contributed by atoms with van der Waals surface area (Å²) in [5.74, 6) is 0.747. The summed E-state index contributed by atoms with van der Waals surface area (Å²) in [5.41, 5.74) is 0.818. The smallest absolute Gasteiger partial charge is 0.226 e. The van der Waals surface area contributed by atoms with Gasteiger partial charge in [-0.05, 0) is 25.1 Å². The summed E-state index contributed by atoms with van der Waals surface area (Å²) in [5, 5.41) is 5.70. The van der Waals surface area contributed by atoms with Crippen molar-refractivity contribution >= 4 is 33.2 Å². The Morgan fingerprint density at radius 1 is 1.50 bits per heavy atom. The van der Waals surface area contributed by atoms with E-state index in [1.807, 2.05) is 36.6 Å². The van der Waals surface area contributed by atoms with Crippen molar-refractivity contribution in [2.75, 3.05) is 13.2 Å². The fourth-order valence-electron chi connectivity index (χ4n) is 1.63. The molecule has 1 amide bonds. The Hall–Kier alpha value is -1.40. The van der Waals surface area contributed by atoms with Crippen LogP contribution < -0.4 is 10.1 Å². The van der Waals surface area contributed by atoms with Gasteiger partial charge in [0.25, 0.3) is 0 Å². The van der Waals surface area contributed by atoms with Crippen molar-refractivity contribution < 1.29 is 9.53 Å². The van der Waals surface area contributed by atoms with Crippen LogP contribution in [0, 0.1) is 6.92 Å². The van der Waals surface area contributed by atoms with Gasteiger partial charge < -0.3 is 10.1 Å². The third kappa shape index (κ3) is 4.94. The first-order chi connectivity index (χ1) is 9.63. The van der Waals surface area contributed by atoms with E-state index in [0.29, 0.717) is 19.6 Å². The molecule has 0 aliphatic carbocycles. The molecule has 1 N–H and O–H groups in total. The molecule has 20 heavy (non-hydrogen) atoms. The number of carbonyl (C=O) groups excluding carboxylic acids is 1. The fourth-order valence-corrected chi connectivity index (χ4v) is 2.62. The number of amides is 1. The lowest BCUT2D eigenvalue weighted by atomic mass is 10.3. The predicted octanol–water partition coefficient (Wildman–Crippen LogP) is 2.95. The lowest BCUT2D eigenvalue weighted by Crippen LogP contribution is -2.29. The van der Waals surface area contributed by atoms with Crippen LogP contribution in [0.5, 0.6) is 5.75 Å². The monoisotopic (exact) mass is 354 g/mol. The van der Waals surface area contributed by atoms with Crippen molar-refractivity contribution in [2.24, 2.45) is 0 Å². The molecule has 0 saturated heterocycles. The van der Waals surface area contributed by atoms with E-state index in [1.165, 1.54) is 0 Å². The first-order valence-corrected chi connectivity index (χ1v) is 7.87. The molecule has 0 radical (unpaired) electrons. The molecule has 0 aliphatic heterocycles. The van der Waals surface area contributed by atoms with Gasteiger partial charge in [-0.25, -0.2) is 4.98 Å². The Morgan fingerprint density at radius 2 is 2.35 bits per heavy atom. The van der Waals surface area contributed by atoms with Crippen LogP contribution in [0.15, 0.2) is 34.1 Å². The van der Waals surface area contributed by atoms with Crippen molar-refractivity contribution in [3.8, 4) is 5.75 Å². The van der Waals surface area contributed by atoms with Crippen LogP contribution in [0.1, 0.15) is 10.7 Å². The highest BCUT2D eigenvalue weighted by molar-refractivity contribution is 9.10. The highest BCUT2D eigenvalue weighted by atomic mass is 79.9. The number of hydrogen-bond acceptors (Lipinski definition) is 4. The number of ether oxygens (including phenoxy) is 1. The average molecular weight is 355 g/mol. The first kappa shape index (κ1) is 15.0. The van der Waals surface area contributed by atoms with Crippen LogP contribution >= 0.6 is 27.3 Å². The topological polar surface area (TPSA) is 51.2 Å². The van der Waals surface area contributed by atoms with E-state index < -0.39 is 0 Å². The van der Waals surface area contributed by atoms with Crippen molar-refractivity contribution in [3.63, 3.8) is 0 Å². The summed E-state index contributed by atoms with van der Waals surface area (Å²) >= 11 is 4.93. The van der Waals surface area contributed by atoms with Gasteiger partial charge >= 0.3 is 0 Å². The van der Waals surface area contributed by atoms with Crippen molar-refractivity contribution in [2.45, 2.75) is 13.3 Å². The maximum atomic E-state index is 11.7. The number of aromatic nitrogens is 1. The molecule has 0 aliphatic rings. The predicted molar refractivity (Wildman–Crippen MR) is 83.2 cm³/mol.